The van der Waals surface area contributed by atoms with E-state index in [1.54, 1.807) is 0 Å². The molecule has 0 aromatic heterocycles. The highest BCUT2D eigenvalue weighted by molar-refractivity contribution is 4.80. The van der Waals surface area contributed by atoms with Gasteiger partial charge in [-0.3, -0.25) is 0 Å². The summed E-state index contributed by atoms with van der Waals surface area (Å²) in [6.45, 7) is 12.9. The van der Waals surface area contributed by atoms with Crippen molar-refractivity contribution in [3.8, 4) is 0 Å². The molecule has 0 radical (unpaired) electrons. The van der Waals surface area contributed by atoms with Crippen molar-refractivity contribution in [3.05, 3.63) is 0 Å². The monoisotopic (exact) mass is 186 g/mol. The van der Waals surface area contributed by atoms with Crippen molar-refractivity contribution in [2.75, 3.05) is 0 Å². The zero-order valence-electron chi connectivity index (χ0n) is 10.1. The Bertz CT molecular complexity index is 136. The van der Waals surface area contributed by atoms with E-state index in [1.807, 2.05) is 6.92 Å². The van der Waals surface area contributed by atoms with Crippen molar-refractivity contribution in [3.63, 3.8) is 0 Å². The minimum Gasteiger partial charge on any atom is -0.390 e. The van der Waals surface area contributed by atoms with E-state index in [-0.39, 0.29) is 0 Å². The fourth-order valence-corrected chi connectivity index (χ4v) is 1.99. The molecule has 13 heavy (non-hydrogen) atoms. The molecule has 0 fully saturated rings. The smallest absolute Gasteiger partial charge is 0.0647 e. The van der Waals surface area contributed by atoms with Crippen LogP contribution in [-0.2, 0) is 0 Å². The molecule has 2 atom stereocenters. The lowest BCUT2D eigenvalue weighted by atomic mass is 9.79. The topological polar surface area (TPSA) is 20.2 Å². The van der Waals surface area contributed by atoms with Crippen LogP contribution >= 0.6 is 0 Å². The van der Waals surface area contributed by atoms with E-state index >= 15 is 0 Å². The van der Waals surface area contributed by atoms with Gasteiger partial charge in [0.2, 0.25) is 0 Å². The predicted molar refractivity (Wildman–Crippen MR) is 58.7 cm³/mol. The lowest BCUT2D eigenvalue weighted by Gasteiger charge is -2.33. The maximum Gasteiger partial charge on any atom is 0.0647 e. The Morgan fingerprint density at radius 1 is 1.00 bits per heavy atom. The molecule has 0 amide bonds. The molecule has 0 aliphatic carbocycles. The first-order valence-corrected chi connectivity index (χ1v) is 5.48. The summed E-state index contributed by atoms with van der Waals surface area (Å²) in [5.41, 5.74) is -0.488. The van der Waals surface area contributed by atoms with Gasteiger partial charge in [0, 0.05) is 0 Å². The van der Waals surface area contributed by atoms with Gasteiger partial charge >= 0.3 is 0 Å². The van der Waals surface area contributed by atoms with Crippen LogP contribution in [0.2, 0.25) is 0 Å². The van der Waals surface area contributed by atoms with Crippen LogP contribution in [0.4, 0.5) is 0 Å². The lowest BCUT2D eigenvalue weighted by Crippen LogP contribution is -2.35. The average molecular weight is 186 g/mol. The zero-order valence-corrected chi connectivity index (χ0v) is 10.1. The van der Waals surface area contributed by atoms with Gasteiger partial charge in [-0.25, -0.2) is 0 Å². The van der Waals surface area contributed by atoms with E-state index in [4.69, 9.17) is 0 Å². The highest BCUT2D eigenvalue weighted by Crippen LogP contribution is 2.29. The van der Waals surface area contributed by atoms with Crippen LogP contribution in [-0.4, -0.2) is 10.7 Å². The molecule has 0 aliphatic rings. The molecule has 0 heterocycles. The lowest BCUT2D eigenvalue weighted by molar-refractivity contribution is -0.0193. The van der Waals surface area contributed by atoms with Crippen LogP contribution in [0.25, 0.3) is 0 Å². The molecule has 1 nitrogen and oxygen atoms in total. The van der Waals surface area contributed by atoms with Crippen molar-refractivity contribution < 1.29 is 5.11 Å². The van der Waals surface area contributed by atoms with Gasteiger partial charge < -0.3 is 5.11 Å². The molecule has 1 N–H and O–H groups in total. The van der Waals surface area contributed by atoms with Crippen LogP contribution in [0.15, 0.2) is 0 Å². The first kappa shape index (κ1) is 13.0. The fourth-order valence-electron chi connectivity index (χ4n) is 1.99. The summed E-state index contributed by atoms with van der Waals surface area (Å²) in [6, 6.07) is 0. The predicted octanol–water partition coefficient (Wildman–Crippen LogP) is 3.47. The Kier molecular flexibility index (Phi) is 4.98. The summed E-state index contributed by atoms with van der Waals surface area (Å²) in [5, 5.41) is 10.2. The van der Waals surface area contributed by atoms with Crippen LogP contribution in [0.1, 0.15) is 54.4 Å². The number of hydrogen-bond acceptors (Lipinski definition) is 1. The third-order valence-electron chi connectivity index (χ3n) is 2.71. The average Bonchev–Trinajstić information content (AvgIpc) is 1.81. The van der Waals surface area contributed by atoms with E-state index in [0.29, 0.717) is 17.8 Å². The van der Waals surface area contributed by atoms with Crippen molar-refractivity contribution in [2.24, 2.45) is 17.8 Å². The molecule has 2 unspecified atom stereocenters. The second-order valence-corrected chi connectivity index (χ2v) is 5.49. The van der Waals surface area contributed by atoms with Crippen LogP contribution in [0, 0.1) is 17.8 Å². The molecule has 0 aliphatic heterocycles. The first-order chi connectivity index (χ1) is 5.75. The summed E-state index contributed by atoms with van der Waals surface area (Å²) >= 11 is 0. The van der Waals surface area contributed by atoms with Crippen LogP contribution < -0.4 is 0 Å². The van der Waals surface area contributed by atoms with Gasteiger partial charge in [0.15, 0.2) is 0 Å². The number of aliphatic hydroxyl groups is 1. The minimum absolute atomic E-state index is 0.398. The van der Waals surface area contributed by atoms with Gasteiger partial charge in [0.25, 0.3) is 0 Å². The fraction of sp³-hybridized carbons (Fsp3) is 1.00. The molecule has 0 aromatic rings. The molecular weight excluding hydrogens is 160 g/mol. The van der Waals surface area contributed by atoms with Gasteiger partial charge in [0.05, 0.1) is 5.60 Å². The van der Waals surface area contributed by atoms with Gasteiger partial charge in [-0.05, 0) is 37.5 Å². The summed E-state index contributed by atoms with van der Waals surface area (Å²) < 4.78 is 0. The van der Waals surface area contributed by atoms with E-state index in [9.17, 15) is 5.11 Å². The van der Waals surface area contributed by atoms with E-state index < -0.39 is 5.60 Å². The Morgan fingerprint density at radius 3 is 1.77 bits per heavy atom. The minimum atomic E-state index is -0.488. The highest BCUT2D eigenvalue weighted by atomic mass is 16.3. The summed E-state index contributed by atoms with van der Waals surface area (Å²) in [6.07, 6.45) is 2.01. The second-order valence-electron chi connectivity index (χ2n) is 5.49. The molecule has 0 bridgehead atoms. The number of hydrogen-bond donors (Lipinski definition) is 1. The quantitative estimate of drug-likeness (QED) is 0.697. The molecular formula is C12H26O. The summed E-state index contributed by atoms with van der Waals surface area (Å²) in [7, 11) is 0. The molecule has 0 aromatic carbocycles. The Morgan fingerprint density at radius 2 is 1.46 bits per heavy atom. The summed E-state index contributed by atoms with van der Waals surface area (Å²) in [4.78, 5) is 0. The van der Waals surface area contributed by atoms with E-state index in [2.05, 4.69) is 34.6 Å². The third kappa shape index (κ3) is 5.30. The van der Waals surface area contributed by atoms with Crippen LogP contribution in [0.3, 0.4) is 0 Å². The molecule has 80 valence electrons. The van der Waals surface area contributed by atoms with Crippen molar-refractivity contribution in [1.82, 2.24) is 0 Å². The van der Waals surface area contributed by atoms with E-state index in [1.165, 1.54) is 0 Å². The van der Waals surface area contributed by atoms with Gasteiger partial charge in [0.1, 0.15) is 0 Å². The van der Waals surface area contributed by atoms with Crippen molar-refractivity contribution in [2.45, 2.75) is 60.0 Å². The number of rotatable bonds is 5. The molecule has 0 saturated carbocycles. The third-order valence-corrected chi connectivity index (χ3v) is 2.71. The maximum atomic E-state index is 10.2. The standard InChI is InChI=1S/C12H26O/c1-9(2)7-11(5)12(6,13)8-10(3)4/h9-11,13H,7-8H2,1-6H3. The Labute approximate surface area is 83.5 Å². The van der Waals surface area contributed by atoms with Crippen molar-refractivity contribution >= 4 is 0 Å². The van der Waals surface area contributed by atoms with Gasteiger partial charge in [-0.15, -0.1) is 0 Å². The Hall–Kier alpha value is -0.0400. The Balaban J connectivity index is 4.10. The van der Waals surface area contributed by atoms with Gasteiger partial charge in [-0.2, -0.15) is 0 Å². The molecule has 1 heteroatoms. The second kappa shape index (κ2) is 4.99. The molecule has 0 rings (SSSR count). The first-order valence-electron chi connectivity index (χ1n) is 5.48. The highest BCUT2D eigenvalue weighted by Gasteiger charge is 2.29. The van der Waals surface area contributed by atoms with Crippen LogP contribution in [0.5, 0.6) is 0 Å². The van der Waals surface area contributed by atoms with E-state index in [0.717, 1.165) is 12.8 Å². The maximum absolute atomic E-state index is 10.2. The SMILES string of the molecule is CC(C)CC(C)C(C)(O)CC(C)C. The molecule has 0 saturated heterocycles. The van der Waals surface area contributed by atoms with Gasteiger partial charge in [-0.1, -0.05) is 34.6 Å². The normalized spacial score (nSPS) is 19.2. The largest absolute Gasteiger partial charge is 0.390 e. The summed E-state index contributed by atoms with van der Waals surface area (Å²) in [5.74, 6) is 1.65. The zero-order chi connectivity index (χ0) is 10.6. The molecule has 0 spiro atoms. The van der Waals surface area contributed by atoms with Crippen molar-refractivity contribution in [1.29, 1.82) is 0 Å².